The second-order valence-corrected chi connectivity index (χ2v) is 11.9. The molecule has 0 aromatic rings. The molecule has 2 heterocycles. The predicted molar refractivity (Wildman–Crippen MR) is 147 cm³/mol. The van der Waals surface area contributed by atoms with Gasteiger partial charge in [-0.2, -0.15) is 0 Å². The van der Waals surface area contributed by atoms with Crippen LogP contribution >= 0.6 is 0 Å². The van der Waals surface area contributed by atoms with E-state index in [4.69, 9.17) is 18.9 Å². The first-order valence-corrected chi connectivity index (χ1v) is 14.1. The average Bonchev–Trinajstić information content (AvgIpc) is 3.27. The minimum Gasteiger partial charge on any atom is -0.464 e. The van der Waals surface area contributed by atoms with Gasteiger partial charge < -0.3 is 29.2 Å². The maximum Gasteiger partial charge on any atom is 0.293 e. The Labute approximate surface area is 228 Å². The van der Waals surface area contributed by atoms with Crippen molar-refractivity contribution in [2.75, 3.05) is 6.61 Å². The zero-order valence-corrected chi connectivity index (χ0v) is 24.1. The van der Waals surface area contributed by atoms with Gasteiger partial charge in [0, 0.05) is 24.7 Å². The first-order chi connectivity index (χ1) is 17.9. The fraction of sp³-hybridized carbons (Fsp3) is 0.710. The van der Waals surface area contributed by atoms with E-state index in [2.05, 4.69) is 26.0 Å². The molecular formula is C31H48O7. The standard InChI is InChI=1S/C31H48O7/c1-19(2)23(6)37-31(7)16-26(36-18-32)15-25(38-31)13-11-21(4)28(33)20(3)9-8-10-24-17-35-30-27(24)14-12-22(5)29(30)34/h8-12,18-20,23,25-30,33-34H,13-17H2,1-7H3/b9-8+,21-11+,24-10+/t20-,23?,25?,26?,27?,28-,29?,30?,31-/m0/s1. The fourth-order valence-electron chi connectivity index (χ4n) is 5.57. The van der Waals surface area contributed by atoms with E-state index >= 15 is 0 Å². The molecule has 2 saturated heterocycles. The molecule has 3 aliphatic rings. The lowest BCUT2D eigenvalue weighted by molar-refractivity contribution is -0.303. The van der Waals surface area contributed by atoms with Crippen LogP contribution in [0.2, 0.25) is 0 Å². The number of rotatable bonds is 11. The van der Waals surface area contributed by atoms with E-state index in [1.807, 2.05) is 52.8 Å². The van der Waals surface area contributed by atoms with Crippen LogP contribution in [0.1, 0.15) is 74.1 Å². The highest BCUT2D eigenvalue weighted by atomic mass is 16.7. The number of carbonyl (C=O) groups excluding carboxylic acids is 1. The minimum atomic E-state index is -0.837. The van der Waals surface area contributed by atoms with Crippen LogP contribution in [-0.2, 0) is 23.7 Å². The van der Waals surface area contributed by atoms with Crippen molar-refractivity contribution in [3.8, 4) is 0 Å². The Bertz CT molecular complexity index is 919. The van der Waals surface area contributed by atoms with E-state index in [-0.39, 0.29) is 36.3 Å². The minimum absolute atomic E-state index is 0.00257. The van der Waals surface area contributed by atoms with Gasteiger partial charge >= 0.3 is 0 Å². The Kier molecular flexibility index (Phi) is 11.0. The molecule has 7 nitrogen and oxygen atoms in total. The summed E-state index contributed by atoms with van der Waals surface area (Å²) in [7, 11) is 0. The molecule has 214 valence electrons. The summed E-state index contributed by atoms with van der Waals surface area (Å²) < 4.78 is 23.8. The molecule has 3 rings (SSSR count). The van der Waals surface area contributed by atoms with Gasteiger partial charge in [-0.05, 0) is 63.2 Å². The molecule has 0 spiro atoms. The normalized spacial score (nSPS) is 35.7. The van der Waals surface area contributed by atoms with Crippen LogP contribution in [0.25, 0.3) is 0 Å². The molecule has 38 heavy (non-hydrogen) atoms. The third-order valence-electron chi connectivity index (χ3n) is 8.34. The van der Waals surface area contributed by atoms with Gasteiger partial charge in [-0.3, -0.25) is 4.79 Å². The Morgan fingerprint density at radius 3 is 2.71 bits per heavy atom. The number of aliphatic hydroxyl groups is 2. The van der Waals surface area contributed by atoms with E-state index in [0.717, 1.165) is 17.6 Å². The summed E-state index contributed by atoms with van der Waals surface area (Å²) >= 11 is 0. The summed E-state index contributed by atoms with van der Waals surface area (Å²) in [5, 5.41) is 21.3. The van der Waals surface area contributed by atoms with Gasteiger partial charge in [-0.15, -0.1) is 0 Å². The Balaban J connectivity index is 1.58. The number of hydrogen-bond acceptors (Lipinski definition) is 7. The van der Waals surface area contributed by atoms with E-state index in [0.29, 0.717) is 38.3 Å². The molecule has 0 saturated carbocycles. The van der Waals surface area contributed by atoms with Gasteiger partial charge in [0.2, 0.25) is 0 Å². The predicted octanol–water partition coefficient (Wildman–Crippen LogP) is 5.03. The van der Waals surface area contributed by atoms with Crippen molar-refractivity contribution in [1.82, 2.24) is 0 Å². The Morgan fingerprint density at radius 1 is 1.29 bits per heavy atom. The monoisotopic (exact) mass is 532 g/mol. The van der Waals surface area contributed by atoms with Crippen LogP contribution in [0.5, 0.6) is 0 Å². The molecule has 0 aromatic carbocycles. The van der Waals surface area contributed by atoms with Gasteiger partial charge in [0.25, 0.3) is 6.47 Å². The molecule has 2 fully saturated rings. The van der Waals surface area contributed by atoms with Crippen molar-refractivity contribution in [3.63, 3.8) is 0 Å². The van der Waals surface area contributed by atoms with Gasteiger partial charge in [0.15, 0.2) is 5.79 Å². The summed E-state index contributed by atoms with van der Waals surface area (Å²) in [5.41, 5.74) is 3.03. The quantitative estimate of drug-likeness (QED) is 0.285. The Morgan fingerprint density at radius 2 is 2.03 bits per heavy atom. The summed E-state index contributed by atoms with van der Waals surface area (Å²) in [4.78, 5) is 11.0. The second-order valence-electron chi connectivity index (χ2n) is 11.9. The van der Waals surface area contributed by atoms with Crippen LogP contribution in [0.4, 0.5) is 0 Å². The Hall–Kier alpha value is -1.77. The zero-order valence-electron chi connectivity index (χ0n) is 24.1. The van der Waals surface area contributed by atoms with Crippen LogP contribution in [0.3, 0.4) is 0 Å². The van der Waals surface area contributed by atoms with Gasteiger partial charge in [-0.1, -0.05) is 51.2 Å². The van der Waals surface area contributed by atoms with E-state index in [1.165, 1.54) is 5.57 Å². The average molecular weight is 533 g/mol. The molecule has 0 bridgehead atoms. The van der Waals surface area contributed by atoms with Crippen molar-refractivity contribution < 1.29 is 34.0 Å². The first kappa shape index (κ1) is 30.8. The third-order valence-corrected chi connectivity index (χ3v) is 8.34. The molecular weight excluding hydrogens is 484 g/mol. The smallest absolute Gasteiger partial charge is 0.293 e. The topological polar surface area (TPSA) is 94.5 Å². The van der Waals surface area contributed by atoms with Crippen molar-refractivity contribution in [3.05, 3.63) is 47.1 Å². The lowest BCUT2D eigenvalue weighted by Crippen LogP contribution is -2.48. The molecule has 0 amide bonds. The van der Waals surface area contributed by atoms with Crippen LogP contribution in [-0.4, -0.2) is 65.7 Å². The van der Waals surface area contributed by atoms with Crippen molar-refractivity contribution in [1.29, 1.82) is 0 Å². The van der Waals surface area contributed by atoms with Crippen molar-refractivity contribution in [2.45, 2.75) is 117 Å². The number of allylic oxidation sites excluding steroid dienone is 3. The molecule has 0 aromatic heterocycles. The lowest BCUT2D eigenvalue weighted by atomic mass is 9.82. The maximum absolute atomic E-state index is 11.0. The number of carbonyl (C=O) groups is 1. The van der Waals surface area contributed by atoms with Crippen LogP contribution in [0.15, 0.2) is 47.1 Å². The summed E-state index contributed by atoms with van der Waals surface area (Å²) in [5.74, 6) is -0.377. The molecule has 2 N–H and O–H groups in total. The lowest BCUT2D eigenvalue weighted by Gasteiger charge is -2.43. The first-order valence-electron chi connectivity index (χ1n) is 14.1. The van der Waals surface area contributed by atoms with Crippen molar-refractivity contribution >= 4 is 6.47 Å². The zero-order chi connectivity index (χ0) is 28.0. The van der Waals surface area contributed by atoms with Gasteiger partial charge in [0.1, 0.15) is 12.2 Å². The largest absolute Gasteiger partial charge is 0.464 e. The molecule has 1 aliphatic carbocycles. The fourth-order valence-corrected chi connectivity index (χ4v) is 5.57. The number of fused-ring (bicyclic) bond motifs is 1. The number of ether oxygens (including phenoxy) is 4. The number of aliphatic hydroxyl groups excluding tert-OH is 2. The van der Waals surface area contributed by atoms with Gasteiger partial charge in [0.05, 0.1) is 31.0 Å². The highest BCUT2D eigenvalue weighted by molar-refractivity contribution is 5.37. The van der Waals surface area contributed by atoms with Crippen molar-refractivity contribution in [2.24, 2.45) is 17.8 Å². The second kappa shape index (κ2) is 13.5. The molecule has 6 unspecified atom stereocenters. The number of hydrogen-bond donors (Lipinski definition) is 2. The highest BCUT2D eigenvalue weighted by Crippen LogP contribution is 2.38. The summed E-state index contributed by atoms with van der Waals surface area (Å²) in [6.45, 7) is 15.0. The van der Waals surface area contributed by atoms with Gasteiger partial charge in [-0.25, -0.2) is 0 Å². The summed E-state index contributed by atoms with van der Waals surface area (Å²) in [6, 6.07) is 0. The van der Waals surface area contributed by atoms with Crippen LogP contribution in [0, 0.1) is 17.8 Å². The molecule has 9 atom stereocenters. The maximum atomic E-state index is 11.0. The third kappa shape index (κ3) is 7.89. The summed E-state index contributed by atoms with van der Waals surface area (Å²) in [6.07, 6.45) is 10.9. The van der Waals surface area contributed by atoms with E-state index < -0.39 is 18.0 Å². The van der Waals surface area contributed by atoms with Crippen LogP contribution < -0.4 is 0 Å². The SMILES string of the molecule is CC1=CCC2/C(=C/C=C/[C@H](C)[C@H](O)/C(C)=C/CC3CC(OC=O)C[C@@](C)(OC(C)C(C)C)O3)COC2C1O. The molecule has 7 heteroatoms. The van der Waals surface area contributed by atoms with E-state index in [9.17, 15) is 15.0 Å². The highest BCUT2D eigenvalue weighted by Gasteiger charge is 2.41. The van der Waals surface area contributed by atoms with E-state index in [1.54, 1.807) is 0 Å². The molecule has 2 aliphatic heterocycles. The molecule has 0 radical (unpaired) electrons.